The number of nitrogens with zero attached hydrogens (tertiary/aromatic N) is 1. The number of benzene rings is 1. The van der Waals surface area contributed by atoms with Crippen LogP contribution in [0, 0.1) is 5.82 Å². The molecule has 0 saturated carbocycles. The molecule has 1 heterocycles. The molecule has 1 saturated heterocycles. The molecule has 1 atom stereocenters. The van der Waals surface area contributed by atoms with E-state index in [1.54, 1.807) is 11.0 Å². The van der Waals surface area contributed by atoms with Crippen LogP contribution in [0.4, 0.5) is 4.39 Å². The summed E-state index contributed by atoms with van der Waals surface area (Å²) in [7, 11) is 1.41. The van der Waals surface area contributed by atoms with Crippen molar-refractivity contribution in [2.24, 2.45) is 0 Å². The number of hydrogen-bond acceptors (Lipinski definition) is 3. The van der Waals surface area contributed by atoms with Crippen molar-refractivity contribution in [3.8, 4) is 5.75 Å². The van der Waals surface area contributed by atoms with Gasteiger partial charge in [0.1, 0.15) is 0 Å². The lowest BCUT2D eigenvalue weighted by molar-refractivity contribution is 0.0750. The summed E-state index contributed by atoms with van der Waals surface area (Å²) < 4.78 is 18.5. The number of halogens is 1. The fourth-order valence-corrected chi connectivity index (χ4v) is 2.52. The van der Waals surface area contributed by atoms with Crippen molar-refractivity contribution < 1.29 is 13.9 Å². The van der Waals surface area contributed by atoms with Crippen molar-refractivity contribution in [1.82, 2.24) is 10.2 Å². The summed E-state index contributed by atoms with van der Waals surface area (Å²) in [6.07, 6.45) is 2.23. The van der Waals surface area contributed by atoms with E-state index in [1.165, 1.54) is 19.2 Å². The van der Waals surface area contributed by atoms with Crippen LogP contribution in [0.1, 0.15) is 30.1 Å². The van der Waals surface area contributed by atoms with E-state index in [0.717, 1.165) is 19.4 Å². The van der Waals surface area contributed by atoms with E-state index in [9.17, 15) is 9.18 Å². The molecule has 0 bridgehead atoms. The van der Waals surface area contributed by atoms with E-state index in [-0.39, 0.29) is 11.7 Å². The van der Waals surface area contributed by atoms with Gasteiger partial charge in [-0.15, -0.1) is 0 Å². The van der Waals surface area contributed by atoms with E-state index in [0.29, 0.717) is 24.7 Å². The van der Waals surface area contributed by atoms with Gasteiger partial charge < -0.3 is 15.0 Å². The quantitative estimate of drug-likeness (QED) is 0.897. The Morgan fingerprint density at radius 1 is 1.55 bits per heavy atom. The second-order valence-corrected chi connectivity index (χ2v) is 4.99. The van der Waals surface area contributed by atoms with E-state index in [2.05, 4.69) is 5.32 Å². The largest absolute Gasteiger partial charge is 0.494 e. The molecule has 20 heavy (non-hydrogen) atoms. The van der Waals surface area contributed by atoms with E-state index in [1.807, 2.05) is 6.92 Å². The molecule has 1 aliphatic heterocycles. The maximum atomic E-state index is 13.7. The van der Waals surface area contributed by atoms with Crippen molar-refractivity contribution in [2.75, 3.05) is 26.7 Å². The Kier molecular flexibility index (Phi) is 4.95. The molecule has 1 unspecified atom stereocenters. The molecule has 110 valence electrons. The number of nitrogens with one attached hydrogen (secondary N) is 1. The number of likely N-dealkylation sites (N-methyl/N-ethyl adjacent to an activating group) is 1. The molecular weight excluding hydrogens is 259 g/mol. The summed E-state index contributed by atoms with van der Waals surface area (Å²) in [6.45, 7) is 4.23. The Labute approximate surface area is 118 Å². The predicted octanol–water partition coefficient (Wildman–Crippen LogP) is 2.05. The highest BCUT2D eigenvalue weighted by atomic mass is 19.1. The molecule has 1 fully saturated rings. The van der Waals surface area contributed by atoms with Crippen LogP contribution >= 0.6 is 0 Å². The first-order valence-electron chi connectivity index (χ1n) is 7.02. The van der Waals surface area contributed by atoms with Gasteiger partial charge in [0.25, 0.3) is 5.91 Å². The zero-order valence-electron chi connectivity index (χ0n) is 12.0. The van der Waals surface area contributed by atoms with Crippen LogP contribution in [0.3, 0.4) is 0 Å². The number of carbonyl (C=O) groups excluding carboxylic acids is 1. The zero-order chi connectivity index (χ0) is 14.5. The first kappa shape index (κ1) is 14.8. The minimum atomic E-state index is -0.506. The van der Waals surface area contributed by atoms with Crippen LogP contribution in [0.25, 0.3) is 0 Å². The predicted molar refractivity (Wildman–Crippen MR) is 75.6 cm³/mol. The number of methoxy groups -OCH3 is 1. The molecule has 1 aliphatic rings. The van der Waals surface area contributed by atoms with Gasteiger partial charge in [0.2, 0.25) is 0 Å². The molecule has 1 amide bonds. The van der Waals surface area contributed by atoms with Gasteiger partial charge in [-0.2, -0.15) is 0 Å². The summed E-state index contributed by atoms with van der Waals surface area (Å²) in [5, 5.41) is 3.37. The summed E-state index contributed by atoms with van der Waals surface area (Å²) in [5.41, 5.74) is 0.364. The van der Waals surface area contributed by atoms with E-state index in [4.69, 9.17) is 4.74 Å². The number of hydrogen-bond donors (Lipinski definition) is 1. The number of ether oxygens (including phenoxy) is 1. The Bertz CT molecular complexity index is 473. The Balaban J connectivity index is 2.09. The molecule has 5 heteroatoms. The number of amides is 1. The minimum absolute atomic E-state index is 0.136. The van der Waals surface area contributed by atoms with Crippen molar-refractivity contribution in [3.63, 3.8) is 0 Å². The summed E-state index contributed by atoms with van der Waals surface area (Å²) in [4.78, 5) is 14.2. The van der Waals surface area contributed by atoms with Crippen LogP contribution in [0.5, 0.6) is 5.75 Å². The minimum Gasteiger partial charge on any atom is -0.494 e. The van der Waals surface area contributed by atoms with Gasteiger partial charge in [-0.05, 0) is 44.5 Å². The number of carbonyl (C=O) groups is 1. The van der Waals surface area contributed by atoms with Crippen LogP contribution < -0.4 is 10.1 Å². The monoisotopic (exact) mass is 280 g/mol. The number of rotatable bonds is 5. The average Bonchev–Trinajstić information content (AvgIpc) is 2.97. The lowest BCUT2D eigenvalue weighted by atomic mass is 10.1. The maximum Gasteiger partial charge on any atom is 0.254 e. The fraction of sp³-hybridized carbons (Fsp3) is 0.533. The van der Waals surface area contributed by atoms with Gasteiger partial charge >= 0.3 is 0 Å². The maximum absolute atomic E-state index is 13.7. The Hall–Kier alpha value is -1.62. The highest BCUT2D eigenvalue weighted by Gasteiger charge is 2.22. The summed E-state index contributed by atoms with van der Waals surface area (Å²) >= 11 is 0. The fourth-order valence-electron chi connectivity index (χ4n) is 2.52. The van der Waals surface area contributed by atoms with E-state index >= 15 is 0 Å². The normalized spacial score (nSPS) is 18.1. The van der Waals surface area contributed by atoms with Crippen LogP contribution in [-0.4, -0.2) is 43.6 Å². The standard InChI is InChI=1S/C15H21FN2O2/c1-3-18(10-12-5-4-8-17-12)15(19)11-6-7-14(20-2)13(16)9-11/h6-7,9,12,17H,3-5,8,10H2,1-2H3. The van der Waals surface area contributed by atoms with E-state index < -0.39 is 5.82 Å². The molecule has 0 radical (unpaired) electrons. The molecule has 1 N–H and O–H groups in total. The topological polar surface area (TPSA) is 41.6 Å². The van der Waals surface area contributed by atoms with Crippen molar-refractivity contribution in [3.05, 3.63) is 29.6 Å². The molecule has 0 spiro atoms. The lowest BCUT2D eigenvalue weighted by Crippen LogP contribution is -2.41. The van der Waals surface area contributed by atoms with Crippen LogP contribution in [0.2, 0.25) is 0 Å². The van der Waals surface area contributed by atoms with Crippen molar-refractivity contribution >= 4 is 5.91 Å². The molecular formula is C15H21FN2O2. The van der Waals surface area contributed by atoms with Gasteiger partial charge in [-0.1, -0.05) is 0 Å². The highest BCUT2D eigenvalue weighted by molar-refractivity contribution is 5.94. The molecule has 1 aromatic rings. The lowest BCUT2D eigenvalue weighted by Gasteiger charge is -2.24. The summed E-state index contributed by atoms with van der Waals surface area (Å²) in [5.74, 6) is -0.488. The first-order chi connectivity index (χ1) is 9.65. The van der Waals surface area contributed by atoms with Gasteiger partial charge in [0.15, 0.2) is 11.6 Å². The molecule has 2 rings (SSSR count). The Morgan fingerprint density at radius 2 is 2.35 bits per heavy atom. The van der Waals surface area contributed by atoms with Crippen LogP contribution in [-0.2, 0) is 0 Å². The molecule has 0 aliphatic carbocycles. The average molecular weight is 280 g/mol. The van der Waals surface area contributed by atoms with Gasteiger partial charge in [-0.3, -0.25) is 4.79 Å². The second-order valence-electron chi connectivity index (χ2n) is 4.99. The highest BCUT2D eigenvalue weighted by Crippen LogP contribution is 2.19. The van der Waals surface area contributed by atoms with Gasteiger partial charge in [-0.25, -0.2) is 4.39 Å². The van der Waals surface area contributed by atoms with Crippen molar-refractivity contribution in [1.29, 1.82) is 0 Å². The third kappa shape index (κ3) is 3.28. The second kappa shape index (κ2) is 6.70. The third-order valence-corrected chi connectivity index (χ3v) is 3.67. The Morgan fingerprint density at radius 3 is 2.90 bits per heavy atom. The smallest absolute Gasteiger partial charge is 0.254 e. The van der Waals surface area contributed by atoms with Gasteiger partial charge in [0.05, 0.1) is 7.11 Å². The molecule has 4 nitrogen and oxygen atoms in total. The first-order valence-corrected chi connectivity index (χ1v) is 7.02. The van der Waals surface area contributed by atoms with Gasteiger partial charge in [0, 0.05) is 24.7 Å². The zero-order valence-corrected chi connectivity index (χ0v) is 12.0. The molecule has 0 aromatic heterocycles. The molecule has 1 aromatic carbocycles. The van der Waals surface area contributed by atoms with Crippen LogP contribution in [0.15, 0.2) is 18.2 Å². The SMILES string of the molecule is CCN(CC1CCCN1)C(=O)c1ccc(OC)c(F)c1. The summed E-state index contributed by atoms with van der Waals surface area (Å²) in [6, 6.07) is 4.69. The third-order valence-electron chi connectivity index (χ3n) is 3.67. The van der Waals surface area contributed by atoms with Crippen molar-refractivity contribution in [2.45, 2.75) is 25.8 Å².